The van der Waals surface area contributed by atoms with Crippen LogP contribution in [0.4, 0.5) is 0 Å². The van der Waals surface area contributed by atoms with Crippen molar-refractivity contribution < 1.29 is 4.74 Å². The van der Waals surface area contributed by atoms with Crippen molar-refractivity contribution in [2.45, 2.75) is 39.8 Å². The highest BCUT2D eigenvalue weighted by Gasteiger charge is 2.23. The first kappa shape index (κ1) is 13.6. The molecule has 4 heteroatoms. The summed E-state index contributed by atoms with van der Waals surface area (Å²) in [6.45, 7) is 9.68. The van der Waals surface area contributed by atoms with Crippen LogP contribution >= 0.6 is 0 Å². The van der Waals surface area contributed by atoms with E-state index in [2.05, 4.69) is 28.5 Å². The van der Waals surface area contributed by atoms with Crippen molar-refractivity contribution >= 4 is 0 Å². The fraction of sp³-hybridized carbons (Fsp3) is 0.786. The molecule has 0 spiro atoms. The van der Waals surface area contributed by atoms with E-state index in [0.29, 0.717) is 5.92 Å². The van der Waals surface area contributed by atoms with Gasteiger partial charge in [-0.25, -0.2) is 0 Å². The number of nitrogens with zero attached hydrogens (tertiary/aromatic N) is 3. The van der Waals surface area contributed by atoms with E-state index >= 15 is 0 Å². The monoisotopic (exact) mass is 251 g/mol. The van der Waals surface area contributed by atoms with Crippen LogP contribution in [0.15, 0.2) is 6.20 Å². The molecule has 1 aliphatic rings. The number of aryl methyl sites for hydroxylation is 1. The minimum absolute atomic E-state index is 0.709. The Morgan fingerprint density at radius 2 is 2.33 bits per heavy atom. The van der Waals surface area contributed by atoms with Crippen molar-refractivity contribution in [2.75, 3.05) is 26.8 Å². The molecule has 1 unspecified atom stereocenters. The van der Waals surface area contributed by atoms with E-state index in [1.807, 2.05) is 6.20 Å². The smallest absolute Gasteiger partial charge is 0.0537 e. The number of hydrogen-bond donors (Lipinski definition) is 0. The fourth-order valence-corrected chi connectivity index (χ4v) is 2.75. The van der Waals surface area contributed by atoms with Crippen LogP contribution in [0.5, 0.6) is 0 Å². The molecule has 1 aliphatic heterocycles. The van der Waals surface area contributed by atoms with Gasteiger partial charge >= 0.3 is 0 Å². The molecule has 18 heavy (non-hydrogen) atoms. The molecule has 0 N–H and O–H groups in total. The lowest BCUT2D eigenvalue weighted by Gasteiger charge is -2.15. The Kier molecular flexibility index (Phi) is 4.78. The third-order valence-corrected chi connectivity index (χ3v) is 3.81. The average molecular weight is 251 g/mol. The first-order valence-electron chi connectivity index (χ1n) is 6.97. The van der Waals surface area contributed by atoms with Gasteiger partial charge in [0.25, 0.3) is 0 Å². The van der Waals surface area contributed by atoms with E-state index in [0.717, 1.165) is 32.7 Å². The van der Waals surface area contributed by atoms with Gasteiger partial charge in [-0.2, -0.15) is 5.10 Å². The van der Waals surface area contributed by atoms with Gasteiger partial charge in [0.15, 0.2) is 0 Å². The second-order valence-electron chi connectivity index (χ2n) is 5.32. The van der Waals surface area contributed by atoms with Crippen LogP contribution in [0.1, 0.15) is 31.0 Å². The molecule has 102 valence electrons. The summed E-state index contributed by atoms with van der Waals surface area (Å²) in [4.78, 5) is 2.52. The lowest BCUT2D eigenvalue weighted by molar-refractivity contribution is 0.152. The van der Waals surface area contributed by atoms with E-state index in [9.17, 15) is 0 Å². The first-order valence-corrected chi connectivity index (χ1v) is 6.97. The van der Waals surface area contributed by atoms with Crippen molar-refractivity contribution in [1.82, 2.24) is 14.7 Å². The maximum Gasteiger partial charge on any atom is 0.0537 e. The van der Waals surface area contributed by atoms with Crippen LogP contribution in [-0.4, -0.2) is 41.5 Å². The van der Waals surface area contributed by atoms with Gasteiger partial charge in [-0.3, -0.25) is 9.58 Å². The Bertz CT molecular complexity index is 375. The molecule has 2 rings (SSSR count). The number of hydrogen-bond acceptors (Lipinski definition) is 3. The lowest BCUT2D eigenvalue weighted by Crippen LogP contribution is -2.21. The maximum absolute atomic E-state index is 5.24. The molecule has 4 nitrogen and oxygen atoms in total. The molecule has 0 saturated carbocycles. The fourth-order valence-electron chi connectivity index (χ4n) is 2.75. The summed E-state index contributed by atoms with van der Waals surface area (Å²) in [5.41, 5.74) is 2.70. The molecule has 1 atom stereocenters. The van der Waals surface area contributed by atoms with Crippen LogP contribution in [-0.2, 0) is 17.8 Å². The van der Waals surface area contributed by atoms with E-state index in [1.54, 1.807) is 7.11 Å². The average Bonchev–Trinajstić information content (AvgIpc) is 2.92. The largest absolute Gasteiger partial charge is 0.384 e. The summed E-state index contributed by atoms with van der Waals surface area (Å²) in [5, 5.41) is 4.47. The second kappa shape index (κ2) is 6.34. The molecule has 0 aromatic carbocycles. The van der Waals surface area contributed by atoms with Crippen molar-refractivity contribution in [1.29, 1.82) is 0 Å². The molecule has 0 aliphatic carbocycles. The van der Waals surface area contributed by atoms with Gasteiger partial charge in [0.2, 0.25) is 0 Å². The Hall–Kier alpha value is -0.870. The van der Waals surface area contributed by atoms with Crippen molar-refractivity contribution in [2.24, 2.45) is 5.92 Å². The van der Waals surface area contributed by atoms with Crippen molar-refractivity contribution in [3.05, 3.63) is 17.5 Å². The number of methoxy groups -OCH3 is 1. The van der Waals surface area contributed by atoms with Gasteiger partial charge in [-0.15, -0.1) is 0 Å². The SMILES string of the molecule is CCCn1ncc(CN2CCC(COC)C2)c1C. The maximum atomic E-state index is 5.24. The normalized spacial score (nSPS) is 20.7. The zero-order valence-corrected chi connectivity index (χ0v) is 11.9. The highest BCUT2D eigenvalue weighted by Crippen LogP contribution is 2.20. The lowest BCUT2D eigenvalue weighted by atomic mass is 10.1. The molecule has 1 aromatic rings. The van der Waals surface area contributed by atoms with Gasteiger partial charge in [0.1, 0.15) is 0 Å². The van der Waals surface area contributed by atoms with Crippen LogP contribution in [0, 0.1) is 12.8 Å². The minimum Gasteiger partial charge on any atom is -0.384 e. The van der Waals surface area contributed by atoms with E-state index in [1.165, 1.54) is 24.2 Å². The van der Waals surface area contributed by atoms with Crippen molar-refractivity contribution in [3.8, 4) is 0 Å². The van der Waals surface area contributed by atoms with E-state index < -0.39 is 0 Å². The zero-order chi connectivity index (χ0) is 13.0. The summed E-state index contributed by atoms with van der Waals surface area (Å²) in [5.74, 6) is 0.709. The quantitative estimate of drug-likeness (QED) is 0.775. The van der Waals surface area contributed by atoms with Gasteiger partial charge in [-0.05, 0) is 32.2 Å². The molecular formula is C14H25N3O. The molecule has 0 amide bonds. The molecular weight excluding hydrogens is 226 g/mol. The van der Waals surface area contributed by atoms with Gasteiger partial charge in [0.05, 0.1) is 12.8 Å². The number of likely N-dealkylation sites (tertiary alicyclic amines) is 1. The number of aromatic nitrogens is 2. The van der Waals surface area contributed by atoms with Crippen LogP contribution in [0.2, 0.25) is 0 Å². The van der Waals surface area contributed by atoms with Crippen LogP contribution in [0.25, 0.3) is 0 Å². The number of ether oxygens (including phenoxy) is 1. The molecule has 1 aromatic heterocycles. The second-order valence-corrected chi connectivity index (χ2v) is 5.32. The molecule has 0 bridgehead atoms. The Labute approximate surface area is 110 Å². The Morgan fingerprint density at radius 3 is 3.06 bits per heavy atom. The highest BCUT2D eigenvalue weighted by molar-refractivity contribution is 5.16. The first-order chi connectivity index (χ1) is 8.74. The Morgan fingerprint density at radius 1 is 1.50 bits per heavy atom. The topological polar surface area (TPSA) is 30.3 Å². The van der Waals surface area contributed by atoms with Gasteiger partial charge < -0.3 is 4.74 Å². The van der Waals surface area contributed by atoms with E-state index in [4.69, 9.17) is 4.74 Å². The third-order valence-electron chi connectivity index (χ3n) is 3.81. The molecule has 1 fully saturated rings. The van der Waals surface area contributed by atoms with E-state index in [-0.39, 0.29) is 0 Å². The summed E-state index contributed by atoms with van der Waals surface area (Å²) in [6.07, 6.45) is 4.44. The summed E-state index contributed by atoms with van der Waals surface area (Å²) in [6, 6.07) is 0. The standard InChI is InChI=1S/C14H25N3O/c1-4-6-17-12(2)14(8-15-17)10-16-7-5-13(9-16)11-18-3/h8,13H,4-7,9-11H2,1-3H3. The van der Waals surface area contributed by atoms with Gasteiger partial charge in [0, 0.05) is 38.0 Å². The zero-order valence-electron chi connectivity index (χ0n) is 11.9. The third kappa shape index (κ3) is 3.12. The summed E-state index contributed by atoms with van der Waals surface area (Å²) >= 11 is 0. The van der Waals surface area contributed by atoms with Gasteiger partial charge in [-0.1, -0.05) is 6.92 Å². The van der Waals surface area contributed by atoms with Crippen LogP contribution < -0.4 is 0 Å². The predicted molar refractivity (Wildman–Crippen MR) is 72.5 cm³/mol. The molecule has 0 radical (unpaired) electrons. The van der Waals surface area contributed by atoms with Crippen molar-refractivity contribution in [3.63, 3.8) is 0 Å². The number of rotatable bonds is 6. The predicted octanol–water partition coefficient (Wildman–Crippen LogP) is 2.07. The van der Waals surface area contributed by atoms with Crippen LogP contribution in [0.3, 0.4) is 0 Å². The Balaban J connectivity index is 1.90. The minimum atomic E-state index is 0.709. The highest BCUT2D eigenvalue weighted by atomic mass is 16.5. The molecule has 1 saturated heterocycles. The molecule has 2 heterocycles. The summed E-state index contributed by atoms with van der Waals surface area (Å²) in [7, 11) is 1.79. The summed E-state index contributed by atoms with van der Waals surface area (Å²) < 4.78 is 7.36.